The van der Waals surface area contributed by atoms with Crippen molar-refractivity contribution in [3.63, 3.8) is 0 Å². The van der Waals surface area contributed by atoms with Crippen molar-refractivity contribution < 1.29 is 131 Å². The molecule has 9 rings (SSSR count). The minimum Gasteiger partial charge on any atom is -0.394 e. The van der Waals surface area contributed by atoms with E-state index in [1.54, 1.807) is 0 Å². The molecule has 0 radical (unpaired) electrons. The lowest BCUT2D eigenvalue weighted by Crippen LogP contribution is -2.68. The van der Waals surface area contributed by atoms with Gasteiger partial charge in [-0.25, -0.2) is 4.18 Å². The van der Waals surface area contributed by atoms with Gasteiger partial charge in [-0.1, -0.05) is 46.3 Å². The molecule has 5 saturated heterocycles. The summed E-state index contributed by atoms with van der Waals surface area (Å²) >= 11 is 0. The Morgan fingerprint density at radius 1 is 0.576 bits per heavy atom. The monoisotopic (exact) mass is 1240 g/mol. The second-order valence-corrected chi connectivity index (χ2v) is 27.8. The Kier molecular flexibility index (Phi) is 21.2. The number of rotatable bonds is 18. The molecule has 490 valence electrons. The smallest absolute Gasteiger partial charge is 0.394 e. The molecule has 9 aliphatic rings. The summed E-state index contributed by atoms with van der Waals surface area (Å²) in [5, 5.41) is 134. The van der Waals surface area contributed by atoms with Gasteiger partial charge in [-0.2, -0.15) is 8.42 Å². The van der Waals surface area contributed by atoms with E-state index in [4.69, 9.17) is 51.6 Å². The molecule has 28 heteroatoms. The summed E-state index contributed by atoms with van der Waals surface area (Å²) < 4.78 is 101. The molecule has 13 N–H and O–H groups in total. The van der Waals surface area contributed by atoms with Crippen LogP contribution >= 0.6 is 0 Å². The molecule has 5 aliphatic heterocycles. The van der Waals surface area contributed by atoms with Crippen LogP contribution in [-0.4, -0.2) is 252 Å². The van der Waals surface area contributed by atoms with Crippen molar-refractivity contribution >= 4 is 16.2 Å². The summed E-state index contributed by atoms with van der Waals surface area (Å²) in [4.78, 5) is 13.2. The number of allylic oxidation sites excluding steroid dienone is 2. The van der Waals surface area contributed by atoms with Gasteiger partial charge < -0.3 is 109 Å². The first-order chi connectivity index (χ1) is 39.8. The van der Waals surface area contributed by atoms with Gasteiger partial charge in [-0.15, -0.1) is 0 Å². The highest BCUT2D eigenvalue weighted by Gasteiger charge is 2.63. The molecular weight excluding hydrogens is 1150 g/mol. The van der Waals surface area contributed by atoms with E-state index in [0.717, 1.165) is 19.3 Å². The van der Waals surface area contributed by atoms with Gasteiger partial charge in [0.15, 0.2) is 31.5 Å². The third-order valence-corrected chi connectivity index (χ3v) is 21.1. The van der Waals surface area contributed by atoms with Gasteiger partial charge in [-0.05, 0) is 119 Å². The van der Waals surface area contributed by atoms with Crippen molar-refractivity contribution in [1.29, 1.82) is 0 Å². The second-order valence-electron chi connectivity index (χ2n) is 26.8. The Hall–Kier alpha value is -1.60. The molecular formula is C57H94O27S. The van der Waals surface area contributed by atoms with Crippen LogP contribution in [0.15, 0.2) is 11.6 Å². The van der Waals surface area contributed by atoms with Crippen LogP contribution in [0.5, 0.6) is 0 Å². The highest BCUT2D eigenvalue weighted by Crippen LogP contribution is 2.67. The summed E-state index contributed by atoms with van der Waals surface area (Å²) in [7, 11) is -4.88. The number of fused-ring (bicyclic) bond motifs is 5. The Labute approximate surface area is 495 Å². The van der Waals surface area contributed by atoms with Crippen molar-refractivity contribution in [2.75, 3.05) is 6.61 Å². The van der Waals surface area contributed by atoms with E-state index in [1.165, 1.54) is 33.3 Å². The first kappa shape index (κ1) is 67.8. The Bertz CT molecular complexity index is 2410. The maximum absolute atomic E-state index is 13.2. The van der Waals surface area contributed by atoms with Gasteiger partial charge in [0, 0.05) is 12.8 Å². The molecule has 3 saturated carbocycles. The van der Waals surface area contributed by atoms with E-state index in [2.05, 4.69) is 26.8 Å². The van der Waals surface area contributed by atoms with Crippen LogP contribution in [0.4, 0.5) is 0 Å². The Morgan fingerprint density at radius 2 is 1.09 bits per heavy atom. The lowest BCUT2D eigenvalue weighted by molar-refractivity contribution is -0.406. The SMILES string of the molecule is CC(C)CC(=O)CC(C)C1CCC2C3C[C@H](OC4OC(CO)C(O)C(OC5OC(C)C(OC6OC(C)C(O)C(O)C6OC6OC(C)C(O)C(O)C6O)C(O)C5OC5OC(C)C(O)C(O)C5O)C4O)[C@H]4C[C@@H](OS(=O)(=O)O)CC[C@]4(C)C3=CC[C@]12C. The van der Waals surface area contributed by atoms with Gasteiger partial charge in [0.25, 0.3) is 0 Å². The van der Waals surface area contributed by atoms with Crippen LogP contribution < -0.4 is 0 Å². The van der Waals surface area contributed by atoms with Crippen LogP contribution in [-0.2, 0) is 66.7 Å². The Morgan fingerprint density at radius 3 is 1.66 bits per heavy atom. The first-order valence-corrected chi connectivity index (χ1v) is 31.7. The highest BCUT2D eigenvalue weighted by molar-refractivity contribution is 7.80. The minimum absolute atomic E-state index is 0.0683. The lowest BCUT2D eigenvalue weighted by Gasteiger charge is -2.59. The van der Waals surface area contributed by atoms with E-state index in [1.807, 2.05) is 13.8 Å². The summed E-state index contributed by atoms with van der Waals surface area (Å²) in [6, 6.07) is 0. The number of hydrogen-bond acceptors (Lipinski definition) is 26. The van der Waals surface area contributed by atoms with Gasteiger partial charge in [-0.3, -0.25) is 9.35 Å². The normalized spacial score (nSPS) is 51.8. The van der Waals surface area contributed by atoms with E-state index in [0.29, 0.717) is 25.7 Å². The van der Waals surface area contributed by atoms with E-state index < -0.39 is 194 Å². The van der Waals surface area contributed by atoms with Crippen LogP contribution in [0.2, 0.25) is 0 Å². The molecule has 0 amide bonds. The third-order valence-electron chi connectivity index (χ3n) is 20.6. The molecule has 29 unspecified atom stereocenters. The molecule has 8 fully saturated rings. The van der Waals surface area contributed by atoms with Gasteiger partial charge in [0.2, 0.25) is 0 Å². The maximum Gasteiger partial charge on any atom is 0.397 e. The molecule has 0 bridgehead atoms. The number of Topliss-reactive ketones (excluding diaryl/α,β-unsaturated/α-hetero) is 1. The fourth-order valence-corrected chi connectivity index (χ4v) is 16.5. The zero-order valence-electron chi connectivity index (χ0n) is 49.6. The molecule has 34 atom stereocenters. The average molecular weight is 1240 g/mol. The molecule has 0 aromatic carbocycles. The zero-order valence-corrected chi connectivity index (χ0v) is 50.5. The van der Waals surface area contributed by atoms with E-state index in [9.17, 15) is 79.0 Å². The number of carbonyl (C=O) groups excluding carboxylic acids is 1. The van der Waals surface area contributed by atoms with Crippen LogP contribution in [0, 0.1) is 46.3 Å². The van der Waals surface area contributed by atoms with E-state index in [-0.39, 0.29) is 53.6 Å². The lowest BCUT2D eigenvalue weighted by atomic mass is 9.47. The summed E-state index contributed by atoms with van der Waals surface area (Å²) in [5.41, 5.74) is 0.394. The number of hydrogen-bond donors (Lipinski definition) is 13. The number of aliphatic hydroxyl groups excluding tert-OH is 12. The zero-order chi connectivity index (χ0) is 62.3. The molecule has 0 aromatic heterocycles. The quantitative estimate of drug-likeness (QED) is 0.0554. The second kappa shape index (κ2) is 26.6. The van der Waals surface area contributed by atoms with Gasteiger partial charge in [0.05, 0.1) is 43.2 Å². The number of aliphatic hydroxyl groups is 12. The molecule has 27 nitrogen and oxygen atoms in total. The highest BCUT2D eigenvalue weighted by atomic mass is 32.3. The van der Waals surface area contributed by atoms with Crippen molar-refractivity contribution in [1.82, 2.24) is 0 Å². The van der Waals surface area contributed by atoms with Crippen LogP contribution in [0.25, 0.3) is 0 Å². The summed E-state index contributed by atoms with van der Waals surface area (Å²) in [6.45, 7) is 15.4. The number of ketones is 1. The number of ether oxygens (including phenoxy) is 10. The van der Waals surface area contributed by atoms with Crippen LogP contribution in [0.1, 0.15) is 120 Å². The molecule has 85 heavy (non-hydrogen) atoms. The first-order valence-electron chi connectivity index (χ1n) is 30.3. The standard InChI is InChI=1S/C57H94O27S/c1-21(2)16-27(59)17-22(3)30-10-11-31-29-19-34(33-18-28(84-85(71,72)73)12-14-57(33,9)32(29)13-15-56(30,31)8)78-53-46(70)48(39(63)35(20-58)79-53)81-55-50(83-52-44(68)41(65)37(61)24(5)75-52)45(69)47(26(7)77-55)80-54-49(42(66)38(62)25(6)76-54)82-51-43(67)40(64)36(60)23(4)74-51/h13,21-26,28-31,33-55,58,60-70H,10-12,14-20H2,1-9H3,(H,71,72,73)/t22?,23?,24?,25?,26?,28-,29?,30?,31?,33+,34-,35?,36?,37?,38?,39?,40?,41?,42?,43?,44?,45?,46?,47?,48?,49?,50?,51?,52?,53?,54?,55?,56+,57+/m0/s1. The van der Waals surface area contributed by atoms with E-state index >= 15 is 0 Å². The number of carbonyl (C=O) groups is 1. The van der Waals surface area contributed by atoms with Crippen molar-refractivity contribution in [2.45, 2.75) is 286 Å². The average Bonchev–Trinajstić information content (AvgIpc) is 1.75. The fourth-order valence-electron chi connectivity index (χ4n) is 16.0. The van der Waals surface area contributed by atoms with Gasteiger partial charge >= 0.3 is 10.4 Å². The molecule has 4 aliphatic carbocycles. The Balaban J connectivity index is 0.997. The van der Waals surface area contributed by atoms with Crippen LogP contribution in [0.3, 0.4) is 0 Å². The predicted molar refractivity (Wildman–Crippen MR) is 289 cm³/mol. The minimum atomic E-state index is -4.88. The molecule has 0 spiro atoms. The summed E-state index contributed by atoms with van der Waals surface area (Å²) in [5.74, 6) is 0.408. The molecule has 5 heterocycles. The van der Waals surface area contributed by atoms with Crippen molar-refractivity contribution in [2.24, 2.45) is 46.3 Å². The summed E-state index contributed by atoms with van der Waals surface area (Å²) in [6.07, 6.45) is -36.7. The largest absolute Gasteiger partial charge is 0.397 e. The molecule has 0 aromatic rings. The maximum atomic E-state index is 13.2. The third kappa shape index (κ3) is 13.5. The van der Waals surface area contributed by atoms with Gasteiger partial charge in [0.1, 0.15) is 103 Å². The topological polar surface area (TPSA) is 416 Å². The van der Waals surface area contributed by atoms with Crippen molar-refractivity contribution in [3.8, 4) is 0 Å². The fraction of sp³-hybridized carbons (Fsp3) is 0.947. The van der Waals surface area contributed by atoms with Crippen molar-refractivity contribution in [3.05, 3.63) is 11.6 Å². The predicted octanol–water partition coefficient (Wildman–Crippen LogP) is -1.40.